The van der Waals surface area contributed by atoms with Gasteiger partial charge in [-0.3, -0.25) is 0 Å². The highest BCUT2D eigenvalue weighted by Crippen LogP contribution is 2.32. The molecule has 0 saturated carbocycles. The van der Waals surface area contributed by atoms with Gasteiger partial charge in [-0.15, -0.1) is 0 Å². The fraction of sp³-hybridized carbons (Fsp3) is 0.556. The predicted octanol–water partition coefficient (Wildman–Crippen LogP) is 4.21. The van der Waals surface area contributed by atoms with Crippen molar-refractivity contribution >= 4 is 16.7 Å². The zero-order chi connectivity index (χ0) is 22.2. The third-order valence-electron chi connectivity index (χ3n) is 7.95. The molecule has 6 rings (SSSR count). The minimum atomic E-state index is 0.606. The fourth-order valence-electron chi connectivity index (χ4n) is 5.95. The summed E-state index contributed by atoms with van der Waals surface area (Å²) in [6.45, 7) is 8.31. The Morgan fingerprint density at radius 3 is 2.67 bits per heavy atom. The molecule has 0 bridgehead atoms. The molecule has 3 aromatic rings. The molecule has 0 amide bonds. The molecular weight excluding hydrogens is 408 g/mol. The lowest BCUT2D eigenvalue weighted by molar-refractivity contribution is 0.224. The number of nitrogens with zero attached hydrogens (tertiary/aromatic N) is 6. The summed E-state index contributed by atoms with van der Waals surface area (Å²) in [6, 6.07) is 9.62. The number of piperidine rings is 1. The second-order valence-electron chi connectivity index (χ2n) is 10.2. The number of aromatic nitrogens is 3. The van der Waals surface area contributed by atoms with Gasteiger partial charge in [0.15, 0.2) is 5.82 Å². The van der Waals surface area contributed by atoms with Crippen LogP contribution in [0, 0.1) is 0 Å². The quantitative estimate of drug-likeness (QED) is 0.570. The van der Waals surface area contributed by atoms with E-state index in [1.54, 1.807) is 0 Å². The van der Waals surface area contributed by atoms with Crippen LogP contribution < -0.4 is 4.90 Å². The Kier molecular flexibility index (Phi) is 5.80. The first kappa shape index (κ1) is 21.1. The molecule has 0 spiro atoms. The number of benzene rings is 1. The number of likely N-dealkylation sites (tertiary alicyclic amines) is 2. The van der Waals surface area contributed by atoms with Crippen molar-refractivity contribution in [2.24, 2.45) is 0 Å². The zero-order valence-electron chi connectivity index (χ0n) is 19.9. The van der Waals surface area contributed by atoms with E-state index in [9.17, 15) is 0 Å². The normalized spacial score (nSPS) is 20.2. The molecular formula is C27H36N6. The molecule has 33 heavy (non-hydrogen) atoms. The summed E-state index contributed by atoms with van der Waals surface area (Å²) in [6.07, 6.45) is 11.8. The van der Waals surface area contributed by atoms with Crippen LogP contribution in [0.5, 0.6) is 0 Å². The van der Waals surface area contributed by atoms with Crippen LogP contribution in [0.25, 0.3) is 22.3 Å². The molecule has 3 aliphatic heterocycles. The van der Waals surface area contributed by atoms with Crippen LogP contribution in [0.1, 0.15) is 43.7 Å². The van der Waals surface area contributed by atoms with Gasteiger partial charge in [-0.25, -0.2) is 9.97 Å². The molecule has 2 fully saturated rings. The van der Waals surface area contributed by atoms with E-state index in [1.165, 1.54) is 81.3 Å². The van der Waals surface area contributed by atoms with Gasteiger partial charge >= 0.3 is 0 Å². The van der Waals surface area contributed by atoms with Gasteiger partial charge in [-0.2, -0.15) is 0 Å². The smallest absolute Gasteiger partial charge is 0.161 e. The molecule has 2 saturated heterocycles. The van der Waals surface area contributed by atoms with Gasteiger partial charge < -0.3 is 19.3 Å². The summed E-state index contributed by atoms with van der Waals surface area (Å²) in [5.74, 6) is 2.01. The molecule has 0 aliphatic carbocycles. The van der Waals surface area contributed by atoms with Crippen LogP contribution in [-0.4, -0.2) is 77.2 Å². The Balaban J connectivity index is 1.19. The second kappa shape index (κ2) is 9.07. The highest BCUT2D eigenvalue weighted by molar-refractivity contribution is 5.85. The maximum Gasteiger partial charge on any atom is 0.161 e. The summed E-state index contributed by atoms with van der Waals surface area (Å²) in [4.78, 5) is 17.3. The van der Waals surface area contributed by atoms with Crippen molar-refractivity contribution in [3.8, 4) is 11.4 Å². The van der Waals surface area contributed by atoms with Crippen LogP contribution in [0.3, 0.4) is 0 Å². The van der Waals surface area contributed by atoms with E-state index in [0.717, 1.165) is 36.7 Å². The minimum Gasteiger partial charge on any atom is -0.356 e. The molecule has 0 radical (unpaired) electrons. The third-order valence-corrected chi connectivity index (χ3v) is 7.95. The van der Waals surface area contributed by atoms with Crippen molar-refractivity contribution in [2.75, 3.05) is 57.8 Å². The van der Waals surface area contributed by atoms with Crippen LogP contribution in [0.4, 0.5) is 5.82 Å². The van der Waals surface area contributed by atoms with Crippen molar-refractivity contribution in [3.05, 3.63) is 42.2 Å². The molecule has 0 unspecified atom stereocenters. The van der Waals surface area contributed by atoms with Gasteiger partial charge in [0.2, 0.25) is 0 Å². The van der Waals surface area contributed by atoms with Crippen LogP contribution in [0.2, 0.25) is 0 Å². The standard InChI is InChI=1S/C27H36N6/c1-30-15-9-24(10-16-30)33-18-8-21-19-22(5-6-25(21)33)26-28-20-23-7-17-32(27(23)29-26)14-4-13-31-11-2-3-12-31/h5-6,8,18-20,24H,2-4,7,9-17H2,1H3. The van der Waals surface area contributed by atoms with E-state index in [1.807, 2.05) is 0 Å². The molecule has 2 aromatic heterocycles. The SMILES string of the molecule is CN1CCC(n2ccc3cc(-c4ncc5c(n4)N(CCCN4CCCC4)CC5)ccc32)CC1. The monoisotopic (exact) mass is 444 g/mol. The summed E-state index contributed by atoms with van der Waals surface area (Å²) < 4.78 is 2.48. The Labute approximate surface area is 197 Å². The number of hydrogen-bond donors (Lipinski definition) is 0. The first-order valence-corrected chi connectivity index (χ1v) is 12.9. The maximum atomic E-state index is 5.06. The van der Waals surface area contributed by atoms with Gasteiger partial charge in [0.25, 0.3) is 0 Å². The summed E-state index contributed by atoms with van der Waals surface area (Å²) in [5, 5.41) is 1.29. The first-order chi connectivity index (χ1) is 16.2. The Bertz CT molecular complexity index is 1110. The van der Waals surface area contributed by atoms with Crippen LogP contribution in [0.15, 0.2) is 36.7 Å². The van der Waals surface area contributed by atoms with E-state index in [0.29, 0.717) is 6.04 Å². The van der Waals surface area contributed by atoms with Crippen molar-refractivity contribution in [2.45, 2.75) is 44.6 Å². The molecule has 1 aromatic carbocycles. The van der Waals surface area contributed by atoms with Gasteiger partial charge in [-0.05, 0) is 103 Å². The Morgan fingerprint density at radius 1 is 0.970 bits per heavy atom. The molecule has 3 aliphatic rings. The zero-order valence-corrected chi connectivity index (χ0v) is 19.9. The Hall–Kier alpha value is -2.44. The lowest BCUT2D eigenvalue weighted by Crippen LogP contribution is -2.31. The number of rotatable bonds is 6. The van der Waals surface area contributed by atoms with Gasteiger partial charge in [-0.1, -0.05) is 0 Å². The second-order valence-corrected chi connectivity index (χ2v) is 10.2. The number of fused-ring (bicyclic) bond motifs is 2. The summed E-state index contributed by atoms with van der Waals surface area (Å²) >= 11 is 0. The van der Waals surface area contributed by atoms with Crippen molar-refractivity contribution in [1.82, 2.24) is 24.3 Å². The first-order valence-electron chi connectivity index (χ1n) is 12.9. The lowest BCUT2D eigenvalue weighted by Gasteiger charge is -2.30. The molecule has 6 nitrogen and oxygen atoms in total. The van der Waals surface area contributed by atoms with Crippen molar-refractivity contribution < 1.29 is 0 Å². The van der Waals surface area contributed by atoms with Gasteiger partial charge in [0.1, 0.15) is 5.82 Å². The lowest BCUT2D eigenvalue weighted by atomic mass is 10.0. The van der Waals surface area contributed by atoms with E-state index in [2.05, 4.69) is 63.0 Å². The van der Waals surface area contributed by atoms with E-state index in [4.69, 9.17) is 9.97 Å². The average Bonchev–Trinajstić information content (AvgIpc) is 3.59. The van der Waals surface area contributed by atoms with E-state index >= 15 is 0 Å². The third kappa shape index (κ3) is 4.26. The summed E-state index contributed by atoms with van der Waals surface area (Å²) in [7, 11) is 2.22. The summed E-state index contributed by atoms with van der Waals surface area (Å²) in [5.41, 5.74) is 3.75. The largest absolute Gasteiger partial charge is 0.356 e. The van der Waals surface area contributed by atoms with Gasteiger partial charge in [0.05, 0.1) is 0 Å². The molecule has 5 heterocycles. The minimum absolute atomic E-state index is 0.606. The predicted molar refractivity (Wildman–Crippen MR) is 135 cm³/mol. The van der Waals surface area contributed by atoms with Crippen molar-refractivity contribution in [3.63, 3.8) is 0 Å². The maximum absolute atomic E-state index is 5.06. The van der Waals surface area contributed by atoms with Gasteiger partial charge in [0, 0.05) is 53.6 Å². The van der Waals surface area contributed by atoms with Crippen LogP contribution >= 0.6 is 0 Å². The average molecular weight is 445 g/mol. The molecule has 0 atom stereocenters. The number of anilines is 1. The molecule has 6 heteroatoms. The topological polar surface area (TPSA) is 40.4 Å². The highest BCUT2D eigenvalue weighted by atomic mass is 15.2. The Morgan fingerprint density at radius 2 is 1.82 bits per heavy atom. The van der Waals surface area contributed by atoms with E-state index < -0.39 is 0 Å². The number of hydrogen-bond acceptors (Lipinski definition) is 5. The molecule has 0 N–H and O–H groups in total. The van der Waals surface area contributed by atoms with E-state index in [-0.39, 0.29) is 0 Å². The fourth-order valence-corrected chi connectivity index (χ4v) is 5.95. The highest BCUT2D eigenvalue weighted by Gasteiger charge is 2.23. The molecule has 174 valence electrons. The van der Waals surface area contributed by atoms with Crippen molar-refractivity contribution in [1.29, 1.82) is 0 Å². The van der Waals surface area contributed by atoms with Crippen LogP contribution in [-0.2, 0) is 6.42 Å².